The van der Waals surface area contributed by atoms with E-state index in [0.717, 1.165) is 38.5 Å². The average Bonchev–Trinajstić information content (AvgIpc) is 2.93. The van der Waals surface area contributed by atoms with E-state index in [4.69, 9.17) is 9.47 Å². The highest BCUT2D eigenvalue weighted by Crippen LogP contribution is 2.01. The molecule has 0 fully saturated rings. The molecule has 4 N–H and O–H groups in total. The van der Waals surface area contributed by atoms with Crippen LogP contribution in [0.15, 0.2) is 0 Å². The third-order valence-corrected chi connectivity index (χ3v) is 5.77. The molecule has 0 aromatic carbocycles. The van der Waals surface area contributed by atoms with Gasteiger partial charge in [-0.05, 0) is 32.6 Å². The molecule has 0 aliphatic rings. The van der Waals surface area contributed by atoms with Gasteiger partial charge in [0.05, 0.1) is 6.61 Å². The van der Waals surface area contributed by atoms with Crippen molar-refractivity contribution in [1.82, 2.24) is 26.2 Å². The SMILES string of the molecule is CCOCCOC(=O)N(CCNC(=O)CCCCCNC(=O)CC)CCNC(=O)CCCCCNC(=O)CC. The Morgan fingerprint density at radius 2 is 1.03 bits per heavy atom. The van der Waals surface area contributed by atoms with Crippen molar-refractivity contribution >= 4 is 29.7 Å². The Kier molecular flexibility index (Phi) is 23.5. The lowest BCUT2D eigenvalue weighted by Crippen LogP contribution is -2.43. The molecule has 0 atom stereocenters. The summed E-state index contributed by atoms with van der Waals surface area (Å²) in [6.07, 6.45) is 5.92. The Bertz CT molecular complexity index is 660. The number of hydrogen-bond donors (Lipinski definition) is 4. The lowest BCUT2D eigenvalue weighted by Gasteiger charge is -2.22. The lowest BCUT2D eigenvalue weighted by atomic mass is 10.2. The highest BCUT2D eigenvalue weighted by molar-refractivity contribution is 5.77. The van der Waals surface area contributed by atoms with E-state index in [1.54, 1.807) is 13.8 Å². The van der Waals surface area contributed by atoms with Gasteiger partial charge in [0.15, 0.2) is 0 Å². The van der Waals surface area contributed by atoms with Gasteiger partial charge in [0.1, 0.15) is 6.61 Å². The molecule has 0 aromatic rings. The molecule has 0 saturated carbocycles. The van der Waals surface area contributed by atoms with E-state index in [9.17, 15) is 24.0 Å². The number of hydrogen-bond acceptors (Lipinski definition) is 7. The van der Waals surface area contributed by atoms with Gasteiger partial charge in [0.25, 0.3) is 0 Å². The summed E-state index contributed by atoms with van der Waals surface area (Å²) >= 11 is 0. The zero-order chi connectivity index (χ0) is 29.1. The first-order valence-corrected chi connectivity index (χ1v) is 14.4. The molecule has 0 aliphatic carbocycles. The van der Waals surface area contributed by atoms with Crippen LogP contribution in [-0.4, -0.2) is 93.7 Å². The molecule has 12 nitrogen and oxygen atoms in total. The molecule has 39 heavy (non-hydrogen) atoms. The summed E-state index contributed by atoms with van der Waals surface area (Å²) in [4.78, 5) is 60.7. The third-order valence-electron chi connectivity index (χ3n) is 5.77. The Labute approximate surface area is 233 Å². The normalized spacial score (nSPS) is 10.4. The Morgan fingerprint density at radius 3 is 1.46 bits per heavy atom. The quantitative estimate of drug-likeness (QED) is 0.132. The minimum absolute atomic E-state index is 0.0267. The summed E-state index contributed by atoms with van der Waals surface area (Å²) in [7, 11) is 0. The molecular formula is C27H51N5O7. The predicted octanol–water partition coefficient (Wildman–Crippen LogP) is 1.87. The van der Waals surface area contributed by atoms with Gasteiger partial charge in [0.2, 0.25) is 23.6 Å². The third kappa shape index (κ3) is 22.8. The first-order valence-electron chi connectivity index (χ1n) is 14.4. The van der Waals surface area contributed by atoms with Crippen LogP contribution in [0, 0.1) is 0 Å². The monoisotopic (exact) mass is 557 g/mol. The van der Waals surface area contributed by atoms with Crippen molar-refractivity contribution in [3.63, 3.8) is 0 Å². The number of unbranched alkanes of at least 4 members (excludes halogenated alkanes) is 4. The zero-order valence-electron chi connectivity index (χ0n) is 24.2. The van der Waals surface area contributed by atoms with Crippen molar-refractivity contribution in [3.8, 4) is 0 Å². The maximum atomic E-state index is 12.5. The standard InChI is InChI=1S/C27H51N5O7/c1-4-23(33)28-15-11-7-9-13-25(35)30-17-19-32(27(37)39-22-21-38-6-3)20-18-31-26(36)14-10-8-12-16-29-24(34)5-2/h4-22H2,1-3H3,(H,28,33)(H,29,34)(H,30,35)(H,31,36). The Balaban J connectivity index is 4.27. The summed E-state index contributed by atoms with van der Waals surface area (Å²) in [5, 5.41) is 11.3. The molecule has 0 rings (SSSR count). The van der Waals surface area contributed by atoms with E-state index in [1.807, 2.05) is 6.92 Å². The Hall–Kier alpha value is -2.89. The molecule has 0 saturated heterocycles. The van der Waals surface area contributed by atoms with Crippen LogP contribution in [0.4, 0.5) is 4.79 Å². The maximum Gasteiger partial charge on any atom is 0.409 e. The minimum Gasteiger partial charge on any atom is -0.447 e. The van der Waals surface area contributed by atoms with Crippen LogP contribution in [0.3, 0.4) is 0 Å². The van der Waals surface area contributed by atoms with Gasteiger partial charge < -0.3 is 35.6 Å². The second-order valence-electron chi connectivity index (χ2n) is 9.03. The van der Waals surface area contributed by atoms with Gasteiger partial charge in [-0.3, -0.25) is 19.2 Å². The lowest BCUT2D eigenvalue weighted by molar-refractivity contribution is -0.122. The van der Waals surface area contributed by atoms with Crippen LogP contribution in [0.5, 0.6) is 0 Å². The molecule has 0 aromatic heterocycles. The molecule has 226 valence electrons. The number of carbonyl (C=O) groups is 5. The summed E-state index contributed by atoms with van der Waals surface area (Å²) in [6, 6.07) is 0. The smallest absolute Gasteiger partial charge is 0.409 e. The van der Waals surface area contributed by atoms with Crippen LogP contribution in [0.25, 0.3) is 0 Å². The van der Waals surface area contributed by atoms with Crippen molar-refractivity contribution in [2.75, 3.05) is 59.1 Å². The van der Waals surface area contributed by atoms with Crippen molar-refractivity contribution < 1.29 is 33.4 Å². The number of amides is 5. The van der Waals surface area contributed by atoms with Crippen molar-refractivity contribution in [2.45, 2.75) is 85.0 Å². The van der Waals surface area contributed by atoms with E-state index in [-0.39, 0.29) is 56.4 Å². The number of nitrogens with one attached hydrogen (secondary N) is 4. The molecule has 0 unspecified atom stereocenters. The molecule has 12 heteroatoms. The molecule has 0 spiro atoms. The minimum atomic E-state index is -0.526. The second-order valence-corrected chi connectivity index (χ2v) is 9.03. The summed E-state index contributed by atoms with van der Waals surface area (Å²) in [6.45, 7) is 8.70. The van der Waals surface area contributed by atoms with Crippen LogP contribution < -0.4 is 21.3 Å². The first kappa shape index (κ1) is 36.1. The van der Waals surface area contributed by atoms with Crippen LogP contribution in [0.1, 0.15) is 85.0 Å². The van der Waals surface area contributed by atoms with Crippen molar-refractivity contribution in [1.29, 1.82) is 0 Å². The zero-order valence-corrected chi connectivity index (χ0v) is 24.2. The van der Waals surface area contributed by atoms with Gasteiger partial charge >= 0.3 is 6.09 Å². The van der Waals surface area contributed by atoms with E-state index in [2.05, 4.69) is 21.3 Å². The number of carbonyl (C=O) groups excluding carboxylic acids is 5. The van der Waals surface area contributed by atoms with Gasteiger partial charge in [-0.1, -0.05) is 26.7 Å². The molecular weight excluding hydrogens is 506 g/mol. The number of nitrogens with zero attached hydrogens (tertiary/aromatic N) is 1. The van der Waals surface area contributed by atoms with E-state index >= 15 is 0 Å². The van der Waals surface area contributed by atoms with Crippen molar-refractivity contribution in [2.24, 2.45) is 0 Å². The van der Waals surface area contributed by atoms with Gasteiger partial charge in [-0.15, -0.1) is 0 Å². The number of ether oxygens (including phenoxy) is 2. The van der Waals surface area contributed by atoms with Gasteiger partial charge in [0, 0.05) is 71.6 Å². The molecule has 5 amide bonds. The highest BCUT2D eigenvalue weighted by atomic mass is 16.6. The predicted molar refractivity (Wildman–Crippen MR) is 149 cm³/mol. The Morgan fingerprint density at radius 1 is 0.564 bits per heavy atom. The molecule has 0 bridgehead atoms. The topological polar surface area (TPSA) is 155 Å². The maximum absolute atomic E-state index is 12.5. The average molecular weight is 558 g/mol. The summed E-state index contributed by atoms with van der Waals surface area (Å²) < 4.78 is 10.4. The van der Waals surface area contributed by atoms with Gasteiger partial charge in [-0.25, -0.2) is 4.79 Å². The summed E-state index contributed by atoms with van der Waals surface area (Å²) in [5.41, 5.74) is 0. The molecule has 0 aliphatic heterocycles. The largest absolute Gasteiger partial charge is 0.447 e. The van der Waals surface area contributed by atoms with Crippen LogP contribution >= 0.6 is 0 Å². The molecule has 0 radical (unpaired) electrons. The molecule has 0 heterocycles. The van der Waals surface area contributed by atoms with Gasteiger partial charge in [-0.2, -0.15) is 0 Å². The number of rotatable bonds is 24. The highest BCUT2D eigenvalue weighted by Gasteiger charge is 2.15. The fourth-order valence-electron chi connectivity index (χ4n) is 3.44. The second kappa shape index (κ2) is 25.4. The first-order chi connectivity index (χ1) is 18.8. The fraction of sp³-hybridized carbons (Fsp3) is 0.815. The van der Waals surface area contributed by atoms with E-state index in [1.165, 1.54) is 4.90 Å². The van der Waals surface area contributed by atoms with Crippen LogP contribution in [-0.2, 0) is 28.7 Å². The fourth-order valence-corrected chi connectivity index (χ4v) is 3.44. The summed E-state index contributed by atoms with van der Waals surface area (Å²) in [5.74, 6) is -0.141. The van der Waals surface area contributed by atoms with E-state index in [0.29, 0.717) is 52.0 Å². The van der Waals surface area contributed by atoms with E-state index < -0.39 is 6.09 Å². The van der Waals surface area contributed by atoms with Crippen LogP contribution in [0.2, 0.25) is 0 Å². The van der Waals surface area contributed by atoms with Crippen molar-refractivity contribution in [3.05, 3.63) is 0 Å².